The Morgan fingerprint density at radius 3 is 2.41 bits per heavy atom. The predicted octanol–water partition coefficient (Wildman–Crippen LogP) is 2.59. The first-order valence-corrected chi connectivity index (χ1v) is 6.88. The summed E-state index contributed by atoms with van der Waals surface area (Å²) in [6.07, 6.45) is 5.22. The zero-order chi connectivity index (χ0) is 12.9. The van der Waals surface area contributed by atoms with Crippen molar-refractivity contribution in [2.24, 2.45) is 5.92 Å². The van der Waals surface area contributed by atoms with Crippen LogP contribution in [0.15, 0.2) is 0 Å². The van der Waals surface area contributed by atoms with Gasteiger partial charge in [0, 0.05) is 19.8 Å². The molecule has 0 aromatic carbocycles. The zero-order valence-corrected chi connectivity index (χ0v) is 12.1. The van der Waals surface area contributed by atoms with E-state index in [-0.39, 0.29) is 5.60 Å². The van der Waals surface area contributed by atoms with Crippen molar-refractivity contribution < 1.29 is 9.47 Å². The van der Waals surface area contributed by atoms with Gasteiger partial charge in [0.15, 0.2) is 0 Å². The van der Waals surface area contributed by atoms with Gasteiger partial charge in [-0.1, -0.05) is 0 Å². The summed E-state index contributed by atoms with van der Waals surface area (Å²) in [5, 5.41) is 3.42. The Kier molecular flexibility index (Phi) is 5.90. The Morgan fingerprint density at radius 2 is 2.00 bits per heavy atom. The molecule has 0 aromatic rings. The molecule has 102 valence electrons. The van der Waals surface area contributed by atoms with Crippen LogP contribution in [0.3, 0.4) is 0 Å². The molecule has 1 aliphatic carbocycles. The first-order valence-electron chi connectivity index (χ1n) is 6.88. The maximum absolute atomic E-state index is 5.91. The van der Waals surface area contributed by atoms with E-state index in [2.05, 4.69) is 26.1 Å². The van der Waals surface area contributed by atoms with Gasteiger partial charge in [-0.05, 0) is 59.4 Å². The minimum atomic E-state index is -0.0323. The van der Waals surface area contributed by atoms with E-state index in [0.717, 1.165) is 25.4 Å². The van der Waals surface area contributed by atoms with Crippen LogP contribution in [0, 0.1) is 5.92 Å². The fraction of sp³-hybridized carbons (Fsp3) is 1.00. The summed E-state index contributed by atoms with van der Waals surface area (Å²) in [5.41, 5.74) is -0.0323. The summed E-state index contributed by atoms with van der Waals surface area (Å²) < 4.78 is 11.4. The quantitative estimate of drug-likeness (QED) is 0.675. The van der Waals surface area contributed by atoms with E-state index in [1.807, 2.05) is 7.05 Å². The van der Waals surface area contributed by atoms with Crippen LogP contribution < -0.4 is 5.32 Å². The molecule has 0 heterocycles. The molecular weight excluding hydrogens is 214 g/mol. The molecule has 0 saturated heterocycles. The van der Waals surface area contributed by atoms with Gasteiger partial charge in [-0.25, -0.2) is 0 Å². The molecule has 1 N–H and O–H groups in total. The van der Waals surface area contributed by atoms with Gasteiger partial charge in [-0.3, -0.25) is 0 Å². The predicted molar refractivity (Wildman–Crippen MR) is 71.3 cm³/mol. The van der Waals surface area contributed by atoms with Crippen LogP contribution in [0.1, 0.15) is 46.5 Å². The fourth-order valence-electron chi connectivity index (χ4n) is 2.28. The molecule has 1 saturated carbocycles. The van der Waals surface area contributed by atoms with Crippen molar-refractivity contribution in [3.05, 3.63) is 0 Å². The average molecular weight is 243 g/mol. The molecule has 3 heteroatoms. The molecule has 1 rings (SSSR count). The summed E-state index contributed by atoms with van der Waals surface area (Å²) in [7, 11) is 3.83. The summed E-state index contributed by atoms with van der Waals surface area (Å²) in [6, 6.07) is 0.455. The van der Waals surface area contributed by atoms with E-state index in [1.165, 1.54) is 12.8 Å². The van der Waals surface area contributed by atoms with Crippen LogP contribution in [0.4, 0.5) is 0 Å². The second-order valence-electron chi connectivity index (χ2n) is 5.66. The van der Waals surface area contributed by atoms with Gasteiger partial charge in [0.05, 0.1) is 11.7 Å². The van der Waals surface area contributed by atoms with E-state index < -0.39 is 0 Å². The Hall–Kier alpha value is -0.120. The van der Waals surface area contributed by atoms with Gasteiger partial charge >= 0.3 is 0 Å². The first kappa shape index (κ1) is 14.9. The summed E-state index contributed by atoms with van der Waals surface area (Å²) >= 11 is 0. The Morgan fingerprint density at radius 1 is 1.35 bits per heavy atom. The van der Waals surface area contributed by atoms with Crippen molar-refractivity contribution in [1.29, 1.82) is 0 Å². The summed E-state index contributed by atoms with van der Waals surface area (Å²) in [6.45, 7) is 7.19. The smallest absolute Gasteiger partial charge is 0.0755 e. The molecule has 3 nitrogen and oxygen atoms in total. The maximum Gasteiger partial charge on any atom is 0.0755 e. The number of methoxy groups -OCH3 is 1. The van der Waals surface area contributed by atoms with E-state index in [1.54, 1.807) is 7.11 Å². The van der Waals surface area contributed by atoms with Crippen LogP contribution in [0.5, 0.6) is 0 Å². The second kappa shape index (κ2) is 6.72. The number of nitrogens with one attached hydrogen (secondary N) is 1. The molecule has 2 atom stereocenters. The van der Waals surface area contributed by atoms with Crippen LogP contribution in [-0.4, -0.2) is 38.5 Å². The lowest BCUT2D eigenvalue weighted by Gasteiger charge is -2.30. The highest BCUT2D eigenvalue weighted by Crippen LogP contribution is 2.37. The number of hydrogen-bond acceptors (Lipinski definition) is 3. The van der Waals surface area contributed by atoms with E-state index in [4.69, 9.17) is 9.47 Å². The molecule has 0 radical (unpaired) electrons. The first-order chi connectivity index (χ1) is 8.04. The van der Waals surface area contributed by atoms with Gasteiger partial charge in [0.1, 0.15) is 0 Å². The van der Waals surface area contributed by atoms with Crippen molar-refractivity contribution >= 4 is 0 Å². The Labute approximate surface area is 106 Å². The maximum atomic E-state index is 5.91. The van der Waals surface area contributed by atoms with Crippen molar-refractivity contribution in [2.45, 2.75) is 64.2 Å². The van der Waals surface area contributed by atoms with Crippen LogP contribution >= 0.6 is 0 Å². The molecule has 17 heavy (non-hydrogen) atoms. The third kappa shape index (κ3) is 4.94. The van der Waals surface area contributed by atoms with Crippen LogP contribution in [0.25, 0.3) is 0 Å². The monoisotopic (exact) mass is 243 g/mol. The minimum Gasteiger partial charge on any atom is -0.379 e. The third-order valence-electron chi connectivity index (χ3n) is 3.82. The topological polar surface area (TPSA) is 30.5 Å². The van der Waals surface area contributed by atoms with Gasteiger partial charge in [-0.2, -0.15) is 0 Å². The SMILES string of the molecule is CCOC(C1CC1)C(CCC(C)(C)OC)NC. The highest BCUT2D eigenvalue weighted by molar-refractivity contribution is 4.90. The third-order valence-corrected chi connectivity index (χ3v) is 3.82. The fourth-order valence-corrected chi connectivity index (χ4v) is 2.28. The number of rotatable bonds is 9. The van der Waals surface area contributed by atoms with E-state index >= 15 is 0 Å². The molecule has 1 aliphatic rings. The molecule has 0 spiro atoms. The van der Waals surface area contributed by atoms with Crippen molar-refractivity contribution in [1.82, 2.24) is 5.32 Å². The molecule has 0 bridgehead atoms. The molecule has 0 aliphatic heterocycles. The van der Waals surface area contributed by atoms with Crippen molar-refractivity contribution in [2.75, 3.05) is 20.8 Å². The number of hydrogen-bond donors (Lipinski definition) is 1. The van der Waals surface area contributed by atoms with Crippen molar-refractivity contribution in [3.8, 4) is 0 Å². The average Bonchev–Trinajstić information content (AvgIpc) is 3.12. The number of ether oxygens (including phenoxy) is 2. The minimum absolute atomic E-state index is 0.0323. The Balaban J connectivity index is 2.44. The summed E-state index contributed by atoms with van der Waals surface area (Å²) in [4.78, 5) is 0. The normalized spacial score (nSPS) is 20.3. The Bertz CT molecular complexity index is 214. The number of likely N-dealkylation sites (N-methyl/N-ethyl adjacent to an activating group) is 1. The van der Waals surface area contributed by atoms with E-state index in [9.17, 15) is 0 Å². The van der Waals surface area contributed by atoms with Gasteiger partial charge in [-0.15, -0.1) is 0 Å². The zero-order valence-electron chi connectivity index (χ0n) is 12.1. The lowest BCUT2D eigenvalue weighted by atomic mass is 9.94. The molecule has 0 amide bonds. The molecule has 0 aromatic heterocycles. The van der Waals surface area contributed by atoms with Crippen LogP contribution in [-0.2, 0) is 9.47 Å². The lowest BCUT2D eigenvalue weighted by Crippen LogP contribution is -2.42. The highest BCUT2D eigenvalue weighted by Gasteiger charge is 2.37. The van der Waals surface area contributed by atoms with E-state index in [0.29, 0.717) is 12.1 Å². The van der Waals surface area contributed by atoms with Crippen molar-refractivity contribution in [3.63, 3.8) is 0 Å². The molecule has 2 unspecified atom stereocenters. The molecular formula is C14H29NO2. The largest absolute Gasteiger partial charge is 0.379 e. The molecule has 1 fully saturated rings. The van der Waals surface area contributed by atoms with Crippen LogP contribution in [0.2, 0.25) is 0 Å². The second-order valence-corrected chi connectivity index (χ2v) is 5.66. The van der Waals surface area contributed by atoms with Gasteiger partial charge < -0.3 is 14.8 Å². The lowest BCUT2D eigenvalue weighted by molar-refractivity contribution is -0.00867. The van der Waals surface area contributed by atoms with Gasteiger partial charge in [0.2, 0.25) is 0 Å². The highest BCUT2D eigenvalue weighted by atomic mass is 16.5. The summed E-state index contributed by atoms with van der Waals surface area (Å²) in [5.74, 6) is 0.776. The van der Waals surface area contributed by atoms with Gasteiger partial charge in [0.25, 0.3) is 0 Å². The standard InChI is InChI=1S/C14H29NO2/c1-6-17-13(11-7-8-11)12(15-4)9-10-14(2,3)16-5/h11-13,15H,6-10H2,1-5H3.